The van der Waals surface area contributed by atoms with Crippen LogP contribution in [0.1, 0.15) is 47.9 Å². The van der Waals surface area contributed by atoms with Crippen LogP contribution in [0.25, 0.3) is 10.9 Å². The quantitative estimate of drug-likeness (QED) is 0.0643. The number of rotatable bonds is 22. The molecule has 5 atom stereocenters. The molecule has 344 valence electrons. The molecule has 0 spiro atoms. The van der Waals surface area contributed by atoms with Gasteiger partial charge < -0.3 is 34.1 Å². The third-order valence-electron chi connectivity index (χ3n) is 11.4. The molecule has 11 nitrogen and oxygen atoms in total. The molecule has 0 bridgehead atoms. The number of alkyl halides is 3. The number of carbonyl (C=O) groups excluding carboxylic acids is 1. The number of aryl methyl sites for hydroxylation is 1. The number of unbranched alkanes of at least 4 members (excludes halogenated alkanes) is 2. The first-order chi connectivity index (χ1) is 31.5. The van der Waals surface area contributed by atoms with Crippen LogP contribution in [0.5, 0.6) is 0 Å². The van der Waals surface area contributed by atoms with Gasteiger partial charge in [0.2, 0.25) is 0 Å². The molecule has 1 fully saturated rings. The molecule has 1 aliphatic heterocycles. The third-order valence-corrected chi connectivity index (χ3v) is 13.1. The van der Waals surface area contributed by atoms with E-state index in [-0.39, 0.29) is 57.3 Å². The van der Waals surface area contributed by atoms with E-state index in [1.807, 2.05) is 108 Å². The number of aromatic nitrogens is 1. The van der Waals surface area contributed by atoms with Crippen molar-refractivity contribution in [3.05, 3.63) is 174 Å². The Morgan fingerprint density at radius 3 is 1.94 bits per heavy atom. The molecular formula is C50H53F3N2O9S. The van der Waals surface area contributed by atoms with Gasteiger partial charge in [-0.3, -0.25) is 4.79 Å². The standard InChI is InChI=1S/C50H53F3N2O9S/c51-50(52,53)47(56)54-30-16-5-17-31-60-36-44-45(61-33-37-18-6-1-7-19-37)46(62-34-38-20-8-2-9-21-38)49(48(57)64-44,63-35-39-22-10-3-11-23-39)29-28-40-32-55(43-27-15-14-26-42(40)43)65(58,59)41-24-12-4-13-25-41/h1-4,6-15,18-27,32,44-46,48,57H,5,16-17,28-31,33-36H2,(H,54,56)/t44-,45-,46+,48-,49-/m1/s1. The van der Waals surface area contributed by atoms with Gasteiger partial charge in [0.25, 0.3) is 10.0 Å². The summed E-state index contributed by atoms with van der Waals surface area (Å²) in [6.45, 7) is 0.387. The van der Waals surface area contributed by atoms with Crippen molar-refractivity contribution in [1.29, 1.82) is 0 Å². The summed E-state index contributed by atoms with van der Waals surface area (Å²) in [4.78, 5) is 11.3. The summed E-state index contributed by atoms with van der Waals surface area (Å²) >= 11 is 0. The van der Waals surface area contributed by atoms with Gasteiger partial charge in [-0.05, 0) is 72.6 Å². The molecule has 1 saturated heterocycles. The number of amides is 1. The van der Waals surface area contributed by atoms with E-state index in [4.69, 9.17) is 23.7 Å². The summed E-state index contributed by atoms with van der Waals surface area (Å²) < 4.78 is 101. The highest BCUT2D eigenvalue weighted by Crippen LogP contribution is 2.42. The largest absolute Gasteiger partial charge is 0.471 e. The number of hydrogen-bond acceptors (Lipinski definition) is 9. The Morgan fingerprint density at radius 2 is 1.31 bits per heavy atom. The van der Waals surface area contributed by atoms with Crippen LogP contribution in [0.2, 0.25) is 0 Å². The lowest BCUT2D eigenvalue weighted by atomic mass is 9.81. The Hall–Kier alpha value is -5.39. The van der Waals surface area contributed by atoms with E-state index in [2.05, 4.69) is 0 Å². The van der Waals surface area contributed by atoms with Crippen molar-refractivity contribution in [1.82, 2.24) is 9.29 Å². The van der Waals surface area contributed by atoms with Gasteiger partial charge in [-0.2, -0.15) is 13.2 Å². The van der Waals surface area contributed by atoms with Crippen LogP contribution in [0.15, 0.2) is 157 Å². The highest BCUT2D eigenvalue weighted by molar-refractivity contribution is 7.90. The Morgan fingerprint density at radius 1 is 0.738 bits per heavy atom. The second-order valence-corrected chi connectivity index (χ2v) is 17.7. The predicted molar refractivity (Wildman–Crippen MR) is 238 cm³/mol. The van der Waals surface area contributed by atoms with Crippen LogP contribution in [0.4, 0.5) is 13.2 Å². The lowest BCUT2D eigenvalue weighted by Gasteiger charge is -2.52. The van der Waals surface area contributed by atoms with Crippen LogP contribution < -0.4 is 5.32 Å². The second-order valence-electron chi connectivity index (χ2n) is 15.9. The smallest absolute Gasteiger partial charge is 0.379 e. The summed E-state index contributed by atoms with van der Waals surface area (Å²) in [5.74, 6) is -1.97. The molecule has 5 aromatic carbocycles. The summed E-state index contributed by atoms with van der Waals surface area (Å²) in [6, 6.07) is 44.1. The fraction of sp³-hybridized carbons (Fsp3) is 0.340. The lowest BCUT2D eigenvalue weighted by molar-refractivity contribution is -0.360. The zero-order valence-corrected chi connectivity index (χ0v) is 36.5. The van der Waals surface area contributed by atoms with Gasteiger partial charge >= 0.3 is 12.1 Å². The minimum atomic E-state index is -4.94. The Bertz CT molecular complexity index is 2510. The molecule has 65 heavy (non-hydrogen) atoms. The molecule has 0 unspecified atom stereocenters. The number of para-hydroxylation sites is 1. The van der Waals surface area contributed by atoms with Crippen molar-refractivity contribution in [3.63, 3.8) is 0 Å². The molecule has 1 aliphatic rings. The fourth-order valence-electron chi connectivity index (χ4n) is 8.01. The maximum atomic E-state index is 14.1. The third kappa shape index (κ3) is 12.1. The first-order valence-electron chi connectivity index (χ1n) is 21.6. The average molecular weight is 915 g/mol. The molecule has 1 amide bonds. The maximum Gasteiger partial charge on any atom is 0.471 e. The van der Waals surface area contributed by atoms with Crippen LogP contribution in [0, 0.1) is 0 Å². The maximum absolute atomic E-state index is 14.1. The van der Waals surface area contributed by atoms with Crippen molar-refractivity contribution >= 4 is 26.8 Å². The number of ether oxygens (including phenoxy) is 5. The number of hydrogen-bond donors (Lipinski definition) is 2. The molecule has 15 heteroatoms. The summed E-state index contributed by atoms with van der Waals surface area (Å²) in [6.07, 6.45) is -6.06. The van der Waals surface area contributed by atoms with Gasteiger partial charge in [0.05, 0.1) is 36.8 Å². The van der Waals surface area contributed by atoms with E-state index in [0.29, 0.717) is 35.7 Å². The number of halogens is 3. The minimum absolute atomic E-state index is 0.0356. The fourth-order valence-corrected chi connectivity index (χ4v) is 9.42. The first-order valence-corrected chi connectivity index (χ1v) is 23.0. The predicted octanol–water partition coefficient (Wildman–Crippen LogP) is 8.52. The highest BCUT2D eigenvalue weighted by atomic mass is 32.2. The van der Waals surface area contributed by atoms with Gasteiger partial charge in [-0.25, -0.2) is 12.4 Å². The van der Waals surface area contributed by atoms with E-state index in [0.717, 1.165) is 16.7 Å². The monoisotopic (exact) mass is 914 g/mol. The van der Waals surface area contributed by atoms with Gasteiger partial charge in [0.1, 0.15) is 23.9 Å². The molecule has 7 rings (SSSR count). The molecule has 0 saturated carbocycles. The van der Waals surface area contributed by atoms with Crippen molar-refractivity contribution in [2.45, 2.75) is 93.2 Å². The van der Waals surface area contributed by atoms with Crippen LogP contribution >= 0.6 is 0 Å². The first kappa shape index (κ1) is 47.6. The number of aliphatic hydroxyl groups is 1. The zero-order valence-electron chi connectivity index (χ0n) is 35.7. The summed E-state index contributed by atoms with van der Waals surface area (Å²) in [5.41, 5.74) is 2.15. The molecule has 0 aliphatic carbocycles. The molecular weight excluding hydrogens is 862 g/mol. The van der Waals surface area contributed by atoms with Gasteiger partial charge in [-0.15, -0.1) is 0 Å². The summed E-state index contributed by atoms with van der Waals surface area (Å²) in [5, 5.41) is 15.1. The topological polar surface area (TPSA) is 135 Å². The van der Waals surface area contributed by atoms with Gasteiger partial charge in [-0.1, -0.05) is 127 Å². The highest BCUT2D eigenvalue weighted by Gasteiger charge is 2.58. The van der Waals surface area contributed by atoms with Crippen LogP contribution in [0.3, 0.4) is 0 Å². The number of nitrogens with zero attached hydrogens (tertiary/aromatic N) is 1. The van der Waals surface area contributed by atoms with Crippen LogP contribution in [-0.2, 0) is 64.7 Å². The molecule has 2 heterocycles. The average Bonchev–Trinajstić information content (AvgIpc) is 3.71. The van der Waals surface area contributed by atoms with E-state index >= 15 is 0 Å². The van der Waals surface area contributed by atoms with Crippen molar-refractivity contribution in [2.24, 2.45) is 0 Å². The number of aliphatic hydroxyl groups excluding tert-OH is 1. The van der Waals surface area contributed by atoms with Crippen LogP contribution in [-0.4, -0.2) is 79.5 Å². The van der Waals surface area contributed by atoms with Crippen molar-refractivity contribution in [2.75, 3.05) is 19.8 Å². The lowest BCUT2D eigenvalue weighted by Crippen LogP contribution is -2.69. The minimum Gasteiger partial charge on any atom is -0.379 e. The number of carbonyl (C=O) groups is 1. The number of benzene rings is 5. The van der Waals surface area contributed by atoms with E-state index in [9.17, 15) is 31.5 Å². The van der Waals surface area contributed by atoms with Crippen molar-refractivity contribution < 1.29 is 55.2 Å². The van der Waals surface area contributed by atoms with E-state index < -0.39 is 52.3 Å². The number of fused-ring (bicyclic) bond motifs is 1. The Kier molecular flexibility index (Phi) is 16.2. The normalized spacial score (nSPS) is 20.2. The molecule has 6 aromatic rings. The SMILES string of the molecule is O=C(NCCCCCOC[C@H]1O[C@@H](O)[C@](CCc2cn(S(=O)(=O)c3ccccc3)c3ccccc23)(OCc2ccccc2)[C@@H](OCc2ccccc2)[C@@H]1OCc1ccccc1)C(F)(F)F. The van der Waals surface area contributed by atoms with Gasteiger partial charge in [0, 0.05) is 24.7 Å². The van der Waals surface area contributed by atoms with E-state index in [1.165, 1.54) is 3.97 Å². The Labute approximate surface area is 377 Å². The molecule has 2 N–H and O–H groups in total. The number of nitrogens with one attached hydrogen (secondary N) is 1. The zero-order chi connectivity index (χ0) is 45.7. The molecule has 0 radical (unpaired) electrons. The summed E-state index contributed by atoms with van der Waals surface area (Å²) in [7, 11) is -3.99. The van der Waals surface area contributed by atoms with Crippen molar-refractivity contribution in [3.8, 4) is 0 Å². The second kappa shape index (κ2) is 22.2. The van der Waals surface area contributed by atoms with E-state index in [1.54, 1.807) is 48.7 Å². The van der Waals surface area contributed by atoms with Gasteiger partial charge in [0.15, 0.2) is 6.29 Å². The Balaban J connectivity index is 1.21. The molecule has 1 aromatic heterocycles.